The van der Waals surface area contributed by atoms with Crippen molar-refractivity contribution in [1.82, 2.24) is 10.4 Å². The van der Waals surface area contributed by atoms with Crippen molar-refractivity contribution in [3.05, 3.63) is 97.1 Å². The van der Waals surface area contributed by atoms with E-state index < -0.39 is 27.3 Å². The first kappa shape index (κ1) is 22.8. The second kappa shape index (κ2) is 9.25. The summed E-state index contributed by atoms with van der Waals surface area (Å²) in [6.45, 7) is 0. The largest absolute Gasteiger partial charge is 0.457 e. The summed E-state index contributed by atoms with van der Waals surface area (Å²) in [5.74, 6) is -0.737. The highest BCUT2D eigenvalue weighted by molar-refractivity contribution is 8.26. The van der Waals surface area contributed by atoms with Crippen LogP contribution in [0.15, 0.2) is 70.0 Å². The van der Waals surface area contributed by atoms with E-state index >= 15 is 0 Å². The maximum atomic E-state index is 12.8. The van der Waals surface area contributed by atoms with E-state index in [0.717, 1.165) is 16.8 Å². The molecule has 0 radical (unpaired) electrons. The number of nitrogens with zero attached hydrogens (tertiary/aromatic N) is 3. The second-order valence-corrected chi connectivity index (χ2v) is 8.41. The predicted molar refractivity (Wildman–Crippen MR) is 126 cm³/mol. The minimum Gasteiger partial charge on any atom is -0.457 e. The maximum absolute atomic E-state index is 12.8. The number of thiocarbonyl (C=S) groups is 1. The number of carbonyl (C=O) groups excluding carboxylic acids is 2. The Bertz CT molecular complexity index is 1380. The number of furan rings is 1. The van der Waals surface area contributed by atoms with Gasteiger partial charge in [0.15, 0.2) is 4.32 Å². The molecule has 1 N–H and O–H groups in total. The van der Waals surface area contributed by atoms with Crippen molar-refractivity contribution in [2.45, 2.75) is 0 Å². The number of nitro benzene ring substituents is 2. The van der Waals surface area contributed by atoms with Crippen molar-refractivity contribution in [3.63, 3.8) is 0 Å². The van der Waals surface area contributed by atoms with Crippen LogP contribution in [0.2, 0.25) is 0 Å². The Kier molecular flexibility index (Phi) is 6.21. The molecule has 1 aliphatic heterocycles. The van der Waals surface area contributed by atoms with Crippen LogP contribution in [0.1, 0.15) is 16.1 Å². The van der Waals surface area contributed by atoms with Crippen LogP contribution in [-0.2, 0) is 4.79 Å². The Labute approximate surface area is 200 Å². The number of amides is 2. The van der Waals surface area contributed by atoms with Gasteiger partial charge in [0.1, 0.15) is 17.1 Å². The van der Waals surface area contributed by atoms with Crippen molar-refractivity contribution in [3.8, 4) is 11.3 Å². The number of thioether (sulfide) groups is 1. The fourth-order valence-electron chi connectivity index (χ4n) is 3.01. The molecule has 2 heterocycles. The lowest BCUT2D eigenvalue weighted by atomic mass is 10.1. The number of benzene rings is 2. The number of hydrogen-bond donors (Lipinski definition) is 1. The molecule has 1 fully saturated rings. The molecular weight excluding hydrogens is 484 g/mol. The van der Waals surface area contributed by atoms with Gasteiger partial charge in [-0.2, -0.15) is 5.01 Å². The van der Waals surface area contributed by atoms with Gasteiger partial charge in [-0.15, -0.1) is 0 Å². The van der Waals surface area contributed by atoms with Crippen LogP contribution in [0.4, 0.5) is 11.4 Å². The van der Waals surface area contributed by atoms with E-state index in [1.807, 2.05) is 0 Å². The van der Waals surface area contributed by atoms with Gasteiger partial charge in [-0.3, -0.25) is 35.2 Å². The SMILES string of the molecule is O=C(NN1C(=O)C(=Cc2ccc(-c3ccc([N+](=O)[O-])cc3)o2)SC1=S)c1ccccc1[N+](=O)[O-]. The van der Waals surface area contributed by atoms with Crippen LogP contribution in [-0.4, -0.2) is 31.0 Å². The van der Waals surface area contributed by atoms with E-state index in [9.17, 15) is 29.8 Å². The fraction of sp³-hybridized carbons (Fsp3) is 0. The van der Waals surface area contributed by atoms with Gasteiger partial charge in [0.05, 0.1) is 14.8 Å². The lowest BCUT2D eigenvalue weighted by molar-refractivity contribution is -0.385. The lowest BCUT2D eigenvalue weighted by Crippen LogP contribution is -2.45. The summed E-state index contributed by atoms with van der Waals surface area (Å²) >= 11 is 6.09. The van der Waals surface area contributed by atoms with E-state index in [-0.39, 0.29) is 20.5 Å². The van der Waals surface area contributed by atoms with Crippen molar-refractivity contribution in [1.29, 1.82) is 0 Å². The highest BCUT2D eigenvalue weighted by Crippen LogP contribution is 2.33. The number of hydrazine groups is 1. The first-order valence-corrected chi connectivity index (χ1v) is 10.6. The van der Waals surface area contributed by atoms with E-state index in [0.29, 0.717) is 17.1 Å². The summed E-state index contributed by atoms with van der Waals surface area (Å²) in [4.78, 5) is 46.2. The zero-order chi connectivity index (χ0) is 24.4. The minimum atomic E-state index is -0.858. The average Bonchev–Trinajstić information content (AvgIpc) is 3.39. The normalized spacial score (nSPS) is 14.5. The Balaban J connectivity index is 1.51. The first-order chi connectivity index (χ1) is 16.2. The zero-order valence-electron chi connectivity index (χ0n) is 16.9. The first-order valence-electron chi connectivity index (χ1n) is 9.41. The Morgan fingerprint density at radius 3 is 2.41 bits per heavy atom. The van der Waals surface area contributed by atoms with E-state index in [1.54, 1.807) is 24.3 Å². The van der Waals surface area contributed by atoms with Gasteiger partial charge in [0.2, 0.25) is 0 Å². The van der Waals surface area contributed by atoms with E-state index in [2.05, 4.69) is 5.43 Å². The molecule has 170 valence electrons. The van der Waals surface area contributed by atoms with Crippen LogP contribution >= 0.6 is 24.0 Å². The van der Waals surface area contributed by atoms with Gasteiger partial charge >= 0.3 is 0 Å². The molecule has 0 unspecified atom stereocenters. The molecule has 2 amide bonds. The molecule has 2 aromatic carbocycles. The van der Waals surface area contributed by atoms with Crippen molar-refractivity contribution in [2.24, 2.45) is 0 Å². The molecule has 0 bridgehead atoms. The smallest absolute Gasteiger partial charge is 0.285 e. The highest BCUT2D eigenvalue weighted by Gasteiger charge is 2.35. The average molecular weight is 496 g/mol. The number of para-hydroxylation sites is 1. The lowest BCUT2D eigenvalue weighted by Gasteiger charge is -2.15. The molecule has 1 aliphatic rings. The summed E-state index contributed by atoms with van der Waals surface area (Å²) in [6, 6.07) is 14.4. The number of non-ortho nitro benzene ring substituents is 1. The van der Waals surface area contributed by atoms with Crippen LogP contribution < -0.4 is 5.43 Å². The van der Waals surface area contributed by atoms with E-state index in [1.165, 1.54) is 42.5 Å². The standard InChI is InChI=1S/C21H12N4O7S2/c26-19(15-3-1-2-4-16(15)25(30)31)22-23-20(27)18(34-21(23)33)11-14-9-10-17(32-14)12-5-7-13(8-6-12)24(28)29/h1-11H,(H,22,26). The highest BCUT2D eigenvalue weighted by atomic mass is 32.2. The van der Waals surface area contributed by atoms with Crippen molar-refractivity contribution in [2.75, 3.05) is 0 Å². The molecular formula is C21H12N4O7S2. The third kappa shape index (κ3) is 4.55. The van der Waals surface area contributed by atoms with Crippen LogP contribution in [0.25, 0.3) is 17.4 Å². The molecule has 0 atom stereocenters. The van der Waals surface area contributed by atoms with Crippen molar-refractivity contribution < 1.29 is 23.9 Å². The summed E-state index contributed by atoms with van der Waals surface area (Å²) in [7, 11) is 0. The third-order valence-corrected chi connectivity index (χ3v) is 5.92. The topological polar surface area (TPSA) is 149 Å². The van der Waals surface area contributed by atoms with Crippen LogP contribution in [0.5, 0.6) is 0 Å². The molecule has 0 saturated carbocycles. The van der Waals surface area contributed by atoms with Crippen LogP contribution in [0, 0.1) is 20.2 Å². The molecule has 1 aromatic heterocycles. The summed E-state index contributed by atoms with van der Waals surface area (Å²) in [6.07, 6.45) is 1.44. The second-order valence-electron chi connectivity index (χ2n) is 6.74. The van der Waals surface area contributed by atoms with Gasteiger partial charge in [-0.1, -0.05) is 23.9 Å². The fourth-order valence-corrected chi connectivity index (χ4v) is 4.17. The van der Waals surface area contributed by atoms with E-state index in [4.69, 9.17) is 16.6 Å². The number of rotatable bonds is 6. The Hall–Kier alpha value is -4.36. The van der Waals surface area contributed by atoms with Crippen molar-refractivity contribution >= 4 is 57.6 Å². The van der Waals surface area contributed by atoms with Crippen LogP contribution in [0.3, 0.4) is 0 Å². The summed E-state index contributed by atoms with van der Waals surface area (Å²) in [5, 5.41) is 22.8. The molecule has 34 heavy (non-hydrogen) atoms. The molecule has 3 aromatic rings. The molecule has 1 saturated heterocycles. The zero-order valence-corrected chi connectivity index (χ0v) is 18.5. The van der Waals surface area contributed by atoms with Gasteiger partial charge < -0.3 is 4.42 Å². The maximum Gasteiger partial charge on any atom is 0.285 e. The Morgan fingerprint density at radius 1 is 1.03 bits per heavy atom. The molecule has 11 nitrogen and oxygen atoms in total. The number of hydrogen-bond acceptors (Lipinski definition) is 9. The van der Waals surface area contributed by atoms with Gasteiger partial charge in [-0.05, 0) is 42.5 Å². The number of nitrogens with one attached hydrogen (secondary N) is 1. The molecule has 0 spiro atoms. The summed E-state index contributed by atoms with van der Waals surface area (Å²) in [5.41, 5.74) is 2.23. The van der Waals surface area contributed by atoms with Gasteiger partial charge in [0, 0.05) is 29.8 Å². The Morgan fingerprint density at radius 2 is 1.74 bits per heavy atom. The number of nitro groups is 2. The van der Waals surface area contributed by atoms with Gasteiger partial charge in [0.25, 0.3) is 23.2 Å². The summed E-state index contributed by atoms with van der Waals surface area (Å²) < 4.78 is 5.74. The predicted octanol–water partition coefficient (Wildman–Crippen LogP) is 4.31. The van der Waals surface area contributed by atoms with Gasteiger partial charge in [-0.25, -0.2) is 0 Å². The number of carbonyl (C=O) groups is 2. The third-order valence-electron chi connectivity index (χ3n) is 4.62. The monoisotopic (exact) mass is 496 g/mol. The molecule has 0 aliphatic carbocycles. The minimum absolute atomic E-state index is 0.0327. The molecule has 13 heteroatoms. The quantitative estimate of drug-likeness (QED) is 0.228. The molecule has 4 rings (SSSR count).